The zero-order chi connectivity index (χ0) is 12.6. The smallest absolute Gasteiger partial charge is 0.253 e. The SMILES string of the molecule is Cc1cc(S(=O)(=O)NS(C)(=O)=O)ccc1O. The Morgan fingerprint density at radius 3 is 2.19 bits per heavy atom. The number of hydrogen-bond acceptors (Lipinski definition) is 5. The minimum Gasteiger partial charge on any atom is -0.508 e. The lowest BCUT2D eigenvalue weighted by Gasteiger charge is -2.06. The molecule has 1 aromatic carbocycles. The van der Waals surface area contributed by atoms with E-state index in [-0.39, 0.29) is 10.6 Å². The van der Waals surface area contributed by atoms with Gasteiger partial charge in [-0.05, 0) is 30.7 Å². The van der Waals surface area contributed by atoms with Crippen molar-refractivity contribution >= 4 is 20.0 Å². The number of aryl methyl sites for hydroxylation is 1. The Balaban J connectivity index is 3.24. The Kier molecular flexibility index (Phi) is 3.27. The van der Waals surface area contributed by atoms with Crippen molar-refractivity contribution in [1.82, 2.24) is 4.13 Å². The van der Waals surface area contributed by atoms with Crippen molar-refractivity contribution in [2.24, 2.45) is 0 Å². The van der Waals surface area contributed by atoms with E-state index < -0.39 is 20.0 Å². The molecular formula is C8H11NO5S2. The minimum atomic E-state index is -4.11. The van der Waals surface area contributed by atoms with Gasteiger partial charge in [0.1, 0.15) is 5.75 Å². The van der Waals surface area contributed by atoms with Crippen LogP contribution in [0.2, 0.25) is 0 Å². The molecule has 0 saturated carbocycles. The molecule has 0 aliphatic carbocycles. The summed E-state index contributed by atoms with van der Waals surface area (Å²) in [6.07, 6.45) is 0.748. The second kappa shape index (κ2) is 4.04. The van der Waals surface area contributed by atoms with Crippen molar-refractivity contribution in [3.8, 4) is 5.75 Å². The van der Waals surface area contributed by atoms with Crippen LogP contribution < -0.4 is 4.13 Å². The summed E-state index contributed by atoms with van der Waals surface area (Å²) >= 11 is 0. The molecule has 0 heterocycles. The van der Waals surface area contributed by atoms with Gasteiger partial charge in [0.2, 0.25) is 10.0 Å². The molecule has 6 nitrogen and oxygen atoms in total. The Bertz CT molecular complexity index is 603. The molecule has 1 rings (SSSR count). The third kappa shape index (κ3) is 3.19. The van der Waals surface area contributed by atoms with Crippen molar-refractivity contribution in [1.29, 1.82) is 0 Å². The van der Waals surface area contributed by atoms with E-state index in [1.165, 1.54) is 23.2 Å². The average molecular weight is 265 g/mol. The summed E-state index contributed by atoms with van der Waals surface area (Å²) in [6.45, 7) is 1.51. The second-order valence-corrected chi connectivity index (χ2v) is 7.00. The zero-order valence-electron chi connectivity index (χ0n) is 8.63. The van der Waals surface area contributed by atoms with Crippen LogP contribution >= 0.6 is 0 Å². The molecule has 0 amide bonds. The Hall–Kier alpha value is -1.12. The van der Waals surface area contributed by atoms with Crippen molar-refractivity contribution in [2.75, 3.05) is 6.26 Å². The fraction of sp³-hybridized carbons (Fsp3) is 0.250. The van der Waals surface area contributed by atoms with Gasteiger partial charge in [0.25, 0.3) is 10.0 Å². The van der Waals surface area contributed by atoms with Crippen LogP contribution in [0.25, 0.3) is 0 Å². The largest absolute Gasteiger partial charge is 0.508 e. The second-order valence-electron chi connectivity index (χ2n) is 3.31. The van der Waals surface area contributed by atoms with E-state index in [2.05, 4.69) is 0 Å². The van der Waals surface area contributed by atoms with E-state index >= 15 is 0 Å². The molecule has 0 spiro atoms. The zero-order valence-corrected chi connectivity index (χ0v) is 10.3. The molecule has 0 bridgehead atoms. The van der Waals surface area contributed by atoms with E-state index in [0.29, 0.717) is 5.56 Å². The van der Waals surface area contributed by atoms with Gasteiger partial charge in [-0.2, -0.15) is 0 Å². The summed E-state index contributed by atoms with van der Waals surface area (Å²) in [5, 5.41) is 9.21. The van der Waals surface area contributed by atoms with Crippen molar-refractivity contribution in [3.05, 3.63) is 23.8 Å². The molecular weight excluding hydrogens is 254 g/mol. The first-order valence-corrected chi connectivity index (χ1v) is 7.52. The molecule has 8 heteroatoms. The fourth-order valence-electron chi connectivity index (χ4n) is 1.04. The lowest BCUT2D eigenvalue weighted by atomic mass is 10.2. The molecule has 90 valence electrons. The van der Waals surface area contributed by atoms with Crippen molar-refractivity contribution < 1.29 is 21.9 Å². The molecule has 0 saturated heterocycles. The highest BCUT2D eigenvalue weighted by atomic mass is 32.3. The molecule has 0 aliphatic heterocycles. The van der Waals surface area contributed by atoms with E-state index in [9.17, 15) is 21.9 Å². The van der Waals surface area contributed by atoms with Crippen LogP contribution in [-0.2, 0) is 20.0 Å². The predicted molar refractivity (Wildman–Crippen MR) is 58.0 cm³/mol. The first kappa shape index (κ1) is 12.9. The molecule has 0 aliphatic rings. The number of nitrogens with one attached hydrogen (secondary N) is 1. The molecule has 0 unspecified atom stereocenters. The molecule has 16 heavy (non-hydrogen) atoms. The predicted octanol–water partition coefficient (Wildman–Crippen LogP) is -0.0615. The molecule has 0 radical (unpaired) electrons. The maximum Gasteiger partial charge on any atom is 0.253 e. The standard InChI is InChI=1S/C8H11NO5S2/c1-6-5-7(3-4-8(6)10)16(13,14)9-15(2,11)12/h3-5,9-10H,1-2H3. The number of sulfonamides is 2. The molecule has 2 N–H and O–H groups in total. The third-order valence-electron chi connectivity index (χ3n) is 1.74. The summed E-state index contributed by atoms with van der Waals surface area (Å²) in [5.74, 6) is -0.0571. The van der Waals surface area contributed by atoms with Crippen LogP contribution in [0, 0.1) is 6.92 Å². The van der Waals surface area contributed by atoms with Crippen LogP contribution in [0.3, 0.4) is 0 Å². The van der Waals surface area contributed by atoms with Gasteiger partial charge in [0.05, 0.1) is 11.2 Å². The Labute approximate surface area is 94.0 Å². The van der Waals surface area contributed by atoms with Crippen LogP contribution in [-0.4, -0.2) is 28.2 Å². The highest BCUT2D eigenvalue weighted by Crippen LogP contribution is 2.20. The first-order chi connectivity index (χ1) is 7.12. The van der Waals surface area contributed by atoms with Crippen molar-refractivity contribution in [3.63, 3.8) is 0 Å². The molecule has 0 aromatic heterocycles. The first-order valence-electron chi connectivity index (χ1n) is 4.15. The number of hydrogen-bond donors (Lipinski definition) is 2. The van der Waals surface area contributed by atoms with Gasteiger partial charge in [-0.1, -0.05) is 0 Å². The van der Waals surface area contributed by atoms with E-state index in [4.69, 9.17) is 0 Å². The van der Waals surface area contributed by atoms with Gasteiger partial charge in [-0.25, -0.2) is 16.8 Å². The Morgan fingerprint density at radius 1 is 1.19 bits per heavy atom. The van der Waals surface area contributed by atoms with E-state index in [1.54, 1.807) is 0 Å². The highest BCUT2D eigenvalue weighted by molar-refractivity contribution is 8.04. The maximum absolute atomic E-state index is 11.5. The molecule has 1 aromatic rings. The topological polar surface area (TPSA) is 101 Å². The van der Waals surface area contributed by atoms with Gasteiger partial charge in [0.15, 0.2) is 0 Å². The lowest BCUT2D eigenvalue weighted by Crippen LogP contribution is -2.29. The lowest BCUT2D eigenvalue weighted by molar-refractivity contribution is 0.470. The summed E-state index contributed by atoms with van der Waals surface area (Å²) in [6, 6.07) is 3.49. The third-order valence-corrected chi connectivity index (χ3v) is 4.70. The van der Waals surface area contributed by atoms with Crippen LogP contribution in [0.15, 0.2) is 23.1 Å². The summed E-state index contributed by atoms with van der Waals surface area (Å²) in [5.41, 5.74) is 0.344. The monoisotopic (exact) mass is 265 g/mol. The van der Waals surface area contributed by atoms with Crippen LogP contribution in [0.5, 0.6) is 5.75 Å². The van der Waals surface area contributed by atoms with Gasteiger partial charge in [0, 0.05) is 0 Å². The van der Waals surface area contributed by atoms with Crippen molar-refractivity contribution in [2.45, 2.75) is 11.8 Å². The number of rotatable bonds is 3. The van der Waals surface area contributed by atoms with Crippen LogP contribution in [0.1, 0.15) is 5.56 Å². The van der Waals surface area contributed by atoms with Gasteiger partial charge in [-0.3, -0.25) is 0 Å². The number of phenols is 1. The van der Waals surface area contributed by atoms with E-state index in [0.717, 1.165) is 12.3 Å². The molecule has 0 fully saturated rings. The van der Waals surface area contributed by atoms with E-state index in [1.807, 2.05) is 0 Å². The Morgan fingerprint density at radius 2 is 1.75 bits per heavy atom. The van der Waals surface area contributed by atoms with Gasteiger partial charge >= 0.3 is 0 Å². The molecule has 0 atom stereocenters. The normalized spacial score (nSPS) is 12.6. The fourth-order valence-corrected chi connectivity index (χ4v) is 3.60. The number of phenolic OH excluding ortho intramolecular Hbond substituents is 1. The maximum atomic E-state index is 11.5. The summed E-state index contributed by atoms with van der Waals surface area (Å²) in [7, 11) is -7.96. The minimum absolute atomic E-state index is 0.0571. The number of aromatic hydroxyl groups is 1. The quantitative estimate of drug-likeness (QED) is 0.797. The highest BCUT2D eigenvalue weighted by Gasteiger charge is 2.19. The average Bonchev–Trinajstić information content (AvgIpc) is 2.05. The number of benzene rings is 1. The van der Waals surface area contributed by atoms with Gasteiger partial charge < -0.3 is 5.11 Å². The van der Waals surface area contributed by atoms with Crippen LogP contribution in [0.4, 0.5) is 0 Å². The van der Waals surface area contributed by atoms with Gasteiger partial charge in [-0.15, -0.1) is 4.13 Å². The summed E-state index contributed by atoms with van der Waals surface area (Å²) in [4.78, 5) is -0.215. The summed E-state index contributed by atoms with van der Waals surface area (Å²) < 4.78 is 46.3.